The molecule has 1 saturated heterocycles. The molecule has 1 atom stereocenters. The molecule has 0 saturated carbocycles. The third kappa shape index (κ3) is 10.5. The quantitative estimate of drug-likeness (QED) is 0.155. The van der Waals surface area contributed by atoms with Crippen LogP contribution in [-0.4, -0.2) is 60.7 Å². The summed E-state index contributed by atoms with van der Waals surface area (Å²) < 4.78 is 5.71. The summed E-state index contributed by atoms with van der Waals surface area (Å²) >= 11 is 0. The first-order chi connectivity index (χ1) is 22.1. The summed E-state index contributed by atoms with van der Waals surface area (Å²) in [6, 6.07) is 37.7. The van der Waals surface area contributed by atoms with Crippen molar-refractivity contribution in [2.45, 2.75) is 44.8 Å². The van der Waals surface area contributed by atoms with Crippen molar-refractivity contribution in [2.24, 2.45) is 0 Å². The molecule has 45 heavy (non-hydrogen) atoms. The molecule has 0 radical (unpaired) electrons. The lowest BCUT2D eigenvalue weighted by molar-refractivity contribution is 0.0915. The number of carbonyl (C=O) groups excluding carboxylic acids is 2. The van der Waals surface area contributed by atoms with Crippen LogP contribution >= 0.6 is 0 Å². The predicted octanol–water partition coefficient (Wildman–Crippen LogP) is 7.60. The van der Waals surface area contributed by atoms with E-state index in [4.69, 9.17) is 4.74 Å². The lowest BCUT2D eigenvalue weighted by atomic mass is 10.0. The number of anilines is 1. The van der Waals surface area contributed by atoms with Crippen LogP contribution in [-0.2, 0) is 17.8 Å². The van der Waals surface area contributed by atoms with Crippen LogP contribution in [0.15, 0.2) is 115 Å². The van der Waals surface area contributed by atoms with E-state index >= 15 is 0 Å². The van der Waals surface area contributed by atoms with Crippen molar-refractivity contribution >= 4 is 17.8 Å². The van der Waals surface area contributed by atoms with Gasteiger partial charge >= 0.3 is 12.1 Å². The van der Waals surface area contributed by atoms with Crippen LogP contribution in [0.25, 0.3) is 11.1 Å². The number of rotatable bonds is 14. The zero-order valence-corrected chi connectivity index (χ0v) is 25.9. The third-order valence-electron chi connectivity index (χ3n) is 8.24. The van der Waals surface area contributed by atoms with E-state index in [1.807, 2.05) is 95.9 Å². The van der Waals surface area contributed by atoms with Crippen LogP contribution in [0.1, 0.15) is 36.8 Å². The normalized spacial score (nSPS) is 13.6. The van der Waals surface area contributed by atoms with Gasteiger partial charge < -0.3 is 25.2 Å². The first-order valence-corrected chi connectivity index (χ1v) is 16.1. The van der Waals surface area contributed by atoms with Crippen LogP contribution in [0.4, 0.5) is 15.3 Å². The molecule has 4 aromatic carbocycles. The van der Waals surface area contributed by atoms with Crippen LogP contribution in [0.2, 0.25) is 0 Å². The Morgan fingerprint density at radius 1 is 0.733 bits per heavy atom. The number of urea groups is 1. The van der Waals surface area contributed by atoms with Crippen molar-refractivity contribution in [1.82, 2.24) is 15.1 Å². The number of hydrogen-bond acceptors (Lipinski definition) is 4. The smallest absolute Gasteiger partial charge is 0.410 e. The molecule has 0 unspecified atom stereocenters. The summed E-state index contributed by atoms with van der Waals surface area (Å²) in [6.07, 6.45) is 4.30. The number of hydrogen-bond donors (Lipinski definition) is 2. The fraction of sp³-hybridized carbons (Fsp3) is 0.316. The van der Waals surface area contributed by atoms with Crippen molar-refractivity contribution in [3.8, 4) is 11.1 Å². The van der Waals surface area contributed by atoms with E-state index in [1.54, 1.807) is 0 Å². The van der Waals surface area contributed by atoms with E-state index in [-0.39, 0.29) is 24.8 Å². The summed E-state index contributed by atoms with van der Waals surface area (Å²) in [7, 11) is 0. The molecule has 7 nitrogen and oxygen atoms in total. The van der Waals surface area contributed by atoms with Gasteiger partial charge in [-0.05, 0) is 79.6 Å². The summed E-state index contributed by atoms with van der Waals surface area (Å²) in [4.78, 5) is 30.6. The third-order valence-corrected chi connectivity index (χ3v) is 8.24. The number of benzene rings is 4. The van der Waals surface area contributed by atoms with Crippen LogP contribution in [0.5, 0.6) is 0 Å². The van der Waals surface area contributed by atoms with Crippen molar-refractivity contribution in [1.29, 1.82) is 0 Å². The fourth-order valence-corrected chi connectivity index (χ4v) is 5.75. The zero-order valence-electron chi connectivity index (χ0n) is 25.9. The molecular formula is C38H44N4O3. The largest absolute Gasteiger partial charge is 0.445 e. The summed E-state index contributed by atoms with van der Waals surface area (Å²) in [6.45, 7) is 4.46. The Morgan fingerprint density at radius 3 is 2.00 bits per heavy atom. The molecule has 7 heteroatoms. The summed E-state index contributed by atoms with van der Waals surface area (Å²) in [5.41, 5.74) is 5.09. The van der Waals surface area contributed by atoms with E-state index in [2.05, 4.69) is 39.8 Å². The Hall–Kier alpha value is -4.62. The van der Waals surface area contributed by atoms with Crippen molar-refractivity contribution in [3.05, 3.63) is 126 Å². The monoisotopic (exact) mass is 604 g/mol. The molecule has 0 aliphatic carbocycles. The molecule has 5 rings (SSSR count). The van der Waals surface area contributed by atoms with E-state index in [0.29, 0.717) is 19.5 Å². The van der Waals surface area contributed by atoms with Gasteiger partial charge in [-0.3, -0.25) is 0 Å². The standard InChI is InChI=1S/C38H44N4O3/c43-37(39-35-22-20-34(21-23-35)33-17-8-3-9-18-33)40-36(29-31-13-4-1-5-14-31)19-12-26-42(28-27-41-24-10-11-25-41)38(44)45-30-32-15-6-2-7-16-32/h1-9,13-18,20-23,36H,10-12,19,24-30H2,(H2,39,40,43)/t36-/m1/s1. The lowest BCUT2D eigenvalue weighted by Gasteiger charge is -2.26. The van der Waals surface area contributed by atoms with Gasteiger partial charge in [-0.2, -0.15) is 0 Å². The van der Waals surface area contributed by atoms with Gasteiger partial charge in [-0.15, -0.1) is 0 Å². The Balaban J connectivity index is 1.18. The van der Waals surface area contributed by atoms with Crippen molar-refractivity contribution < 1.29 is 14.3 Å². The van der Waals surface area contributed by atoms with Crippen LogP contribution in [0.3, 0.4) is 0 Å². The topological polar surface area (TPSA) is 73.9 Å². The Labute approximate surface area is 267 Å². The average Bonchev–Trinajstić information content (AvgIpc) is 3.60. The maximum atomic E-state index is 13.2. The molecule has 3 amide bonds. The van der Waals surface area contributed by atoms with Gasteiger partial charge in [0, 0.05) is 31.4 Å². The highest BCUT2D eigenvalue weighted by molar-refractivity contribution is 5.89. The number of nitrogens with zero attached hydrogens (tertiary/aromatic N) is 2. The maximum absolute atomic E-state index is 13.2. The highest BCUT2D eigenvalue weighted by atomic mass is 16.6. The molecule has 0 spiro atoms. The first kappa shape index (κ1) is 31.8. The van der Waals surface area contributed by atoms with E-state index in [0.717, 1.165) is 60.4 Å². The second-order valence-corrected chi connectivity index (χ2v) is 11.6. The Kier molecular flexibility index (Phi) is 12.0. The number of carbonyl (C=O) groups is 2. The van der Waals surface area contributed by atoms with Crippen molar-refractivity contribution in [3.63, 3.8) is 0 Å². The Bertz CT molecular complexity index is 1440. The van der Waals surface area contributed by atoms with E-state index < -0.39 is 0 Å². The molecule has 4 aromatic rings. The van der Waals surface area contributed by atoms with Gasteiger partial charge in [0.05, 0.1) is 0 Å². The van der Waals surface area contributed by atoms with Gasteiger partial charge in [0.1, 0.15) is 6.61 Å². The minimum atomic E-state index is -0.290. The summed E-state index contributed by atoms with van der Waals surface area (Å²) in [5, 5.41) is 6.19. The van der Waals surface area contributed by atoms with Gasteiger partial charge in [-0.1, -0.05) is 103 Å². The van der Waals surface area contributed by atoms with Gasteiger partial charge in [0.2, 0.25) is 0 Å². The molecule has 234 valence electrons. The zero-order chi connectivity index (χ0) is 31.1. The van der Waals surface area contributed by atoms with Gasteiger partial charge in [0.15, 0.2) is 0 Å². The molecule has 1 fully saturated rings. The van der Waals surface area contributed by atoms with Crippen LogP contribution in [0, 0.1) is 0 Å². The molecule has 1 aliphatic rings. The fourth-order valence-electron chi connectivity index (χ4n) is 5.75. The number of likely N-dealkylation sites (tertiary alicyclic amines) is 1. The number of nitrogens with one attached hydrogen (secondary N) is 2. The molecule has 1 aliphatic heterocycles. The first-order valence-electron chi connectivity index (χ1n) is 16.1. The minimum absolute atomic E-state index is 0.100. The Morgan fingerprint density at radius 2 is 1.33 bits per heavy atom. The molecule has 0 aromatic heterocycles. The van der Waals surface area contributed by atoms with Gasteiger partial charge in [0.25, 0.3) is 0 Å². The summed E-state index contributed by atoms with van der Waals surface area (Å²) in [5.74, 6) is 0. The number of ether oxygens (including phenoxy) is 1. The van der Waals surface area contributed by atoms with E-state index in [1.165, 1.54) is 12.8 Å². The molecule has 1 heterocycles. The second kappa shape index (κ2) is 17.0. The number of amides is 3. The molecule has 2 N–H and O–H groups in total. The predicted molar refractivity (Wildman–Crippen MR) is 181 cm³/mol. The molecular weight excluding hydrogens is 560 g/mol. The molecule has 0 bridgehead atoms. The van der Waals surface area contributed by atoms with Crippen molar-refractivity contribution in [2.75, 3.05) is 38.0 Å². The average molecular weight is 605 g/mol. The minimum Gasteiger partial charge on any atom is -0.445 e. The van der Waals surface area contributed by atoms with Gasteiger partial charge in [-0.25, -0.2) is 9.59 Å². The lowest BCUT2D eigenvalue weighted by Crippen LogP contribution is -2.41. The highest BCUT2D eigenvalue weighted by Crippen LogP contribution is 2.21. The SMILES string of the molecule is O=C(Nc1ccc(-c2ccccc2)cc1)N[C@H](CCCN(CCN1CCCC1)C(=O)OCc1ccccc1)Cc1ccccc1. The van der Waals surface area contributed by atoms with E-state index in [9.17, 15) is 9.59 Å². The highest BCUT2D eigenvalue weighted by Gasteiger charge is 2.20. The second-order valence-electron chi connectivity index (χ2n) is 11.6. The van der Waals surface area contributed by atoms with Crippen LogP contribution < -0.4 is 10.6 Å². The maximum Gasteiger partial charge on any atom is 0.410 e.